The van der Waals surface area contributed by atoms with E-state index in [1.807, 2.05) is 30.3 Å². The van der Waals surface area contributed by atoms with Crippen LogP contribution in [0.25, 0.3) is 0 Å². The minimum Gasteiger partial charge on any atom is -0.395 e. The zero-order chi connectivity index (χ0) is 21.0. The van der Waals surface area contributed by atoms with Crippen LogP contribution in [0.3, 0.4) is 0 Å². The third-order valence-electron chi connectivity index (χ3n) is 4.53. The van der Waals surface area contributed by atoms with Gasteiger partial charge in [-0.1, -0.05) is 30.3 Å². The van der Waals surface area contributed by atoms with Crippen LogP contribution >= 0.6 is 0 Å². The molecule has 0 radical (unpaired) electrons. The van der Waals surface area contributed by atoms with Gasteiger partial charge in [-0.15, -0.1) is 0 Å². The van der Waals surface area contributed by atoms with Gasteiger partial charge in [0.15, 0.2) is 6.17 Å². The molecule has 1 heterocycles. The number of aliphatic imine (C=N–C) groups is 2. The average molecular weight is 392 g/mol. The number of hydrogen-bond donors (Lipinski definition) is 4. The van der Waals surface area contributed by atoms with Gasteiger partial charge in [0.1, 0.15) is 11.7 Å². The largest absolute Gasteiger partial charge is 0.395 e. The highest BCUT2D eigenvalue weighted by atomic mass is 16.3. The number of carbonyl (C=O) groups excluding carboxylic acids is 1. The van der Waals surface area contributed by atoms with Gasteiger partial charge in [0.05, 0.1) is 18.0 Å². The second-order valence-corrected chi connectivity index (χ2v) is 6.50. The molecule has 0 saturated carbocycles. The van der Waals surface area contributed by atoms with E-state index < -0.39 is 6.17 Å². The fourth-order valence-electron chi connectivity index (χ4n) is 3.26. The van der Waals surface area contributed by atoms with E-state index in [0.717, 1.165) is 11.1 Å². The van der Waals surface area contributed by atoms with Crippen molar-refractivity contribution in [2.45, 2.75) is 13.1 Å². The lowest BCUT2D eigenvalue weighted by Gasteiger charge is -2.26. The number of anilines is 1. The molecule has 5 N–H and O–H groups in total. The number of nitrogens with zero attached hydrogens (tertiary/aromatic N) is 3. The van der Waals surface area contributed by atoms with Gasteiger partial charge in [-0.2, -0.15) is 0 Å². The molecule has 1 aliphatic heterocycles. The lowest BCUT2D eigenvalue weighted by atomic mass is 9.98. The normalized spacial score (nSPS) is 17.4. The summed E-state index contributed by atoms with van der Waals surface area (Å²) in [6.07, 6.45) is -0.769. The van der Waals surface area contributed by atoms with Crippen LogP contribution in [0.1, 0.15) is 28.4 Å². The van der Waals surface area contributed by atoms with Crippen molar-refractivity contribution >= 4 is 29.0 Å². The number of rotatable bonds is 4. The standard InChI is InChI=1S/C21H24N6O2/c1-13(22)27-17-12-15(21(29)25-10-11-28)8-9-16(17)18(14-6-4-3-5-7-14)26-19(23)20(27)24-2/h3-9,12,19,22,28H,10-11,23H2,1-2H3,(H,25,29)/b22-13?,24-20-. The molecule has 8 heteroatoms. The van der Waals surface area contributed by atoms with E-state index >= 15 is 0 Å². The SMILES string of the molecule is C/N=C1/C(N)N=C(c2ccccc2)c2ccc(C(=O)NCCO)cc2N1C(C)=N. The first-order chi connectivity index (χ1) is 14.0. The minimum atomic E-state index is -0.769. The quantitative estimate of drug-likeness (QED) is 0.463. The molecule has 0 saturated heterocycles. The Morgan fingerprint density at radius 2 is 2.03 bits per heavy atom. The molecule has 150 valence electrons. The molecule has 1 amide bonds. The van der Waals surface area contributed by atoms with Crippen LogP contribution in [-0.2, 0) is 0 Å². The van der Waals surface area contributed by atoms with Crippen LogP contribution in [0, 0.1) is 5.41 Å². The van der Waals surface area contributed by atoms with E-state index in [0.29, 0.717) is 22.8 Å². The zero-order valence-electron chi connectivity index (χ0n) is 16.4. The summed E-state index contributed by atoms with van der Waals surface area (Å²) in [5.41, 5.74) is 9.62. The first kappa shape index (κ1) is 20.4. The molecule has 0 fully saturated rings. The van der Waals surface area contributed by atoms with Crippen LogP contribution in [0.15, 0.2) is 58.5 Å². The number of benzodiazepines with no additional fused rings is 1. The van der Waals surface area contributed by atoms with Gasteiger partial charge in [-0.25, -0.2) is 0 Å². The minimum absolute atomic E-state index is 0.144. The predicted octanol–water partition coefficient (Wildman–Crippen LogP) is 1.38. The molecular weight excluding hydrogens is 368 g/mol. The van der Waals surface area contributed by atoms with Gasteiger partial charge in [0, 0.05) is 30.3 Å². The molecule has 1 atom stereocenters. The van der Waals surface area contributed by atoms with Crippen molar-refractivity contribution in [2.24, 2.45) is 15.7 Å². The summed E-state index contributed by atoms with van der Waals surface area (Å²) in [5.74, 6) is 0.309. The van der Waals surface area contributed by atoms with E-state index in [4.69, 9.17) is 16.2 Å². The molecule has 2 aromatic carbocycles. The molecule has 1 aliphatic rings. The molecule has 2 aromatic rings. The number of benzene rings is 2. The summed E-state index contributed by atoms with van der Waals surface area (Å²) in [4.78, 5) is 23.0. The molecular formula is C21H24N6O2. The Morgan fingerprint density at radius 1 is 1.31 bits per heavy atom. The highest BCUT2D eigenvalue weighted by Gasteiger charge is 2.30. The fourth-order valence-corrected chi connectivity index (χ4v) is 3.26. The smallest absolute Gasteiger partial charge is 0.251 e. The molecule has 29 heavy (non-hydrogen) atoms. The highest BCUT2D eigenvalue weighted by molar-refractivity contribution is 6.27. The number of nitrogens with one attached hydrogen (secondary N) is 2. The lowest BCUT2D eigenvalue weighted by Crippen LogP contribution is -2.44. The maximum atomic E-state index is 12.4. The molecule has 0 aromatic heterocycles. The van der Waals surface area contributed by atoms with Crippen molar-refractivity contribution in [2.75, 3.05) is 25.1 Å². The molecule has 8 nitrogen and oxygen atoms in total. The Kier molecular flexibility index (Phi) is 6.16. The average Bonchev–Trinajstić information content (AvgIpc) is 2.86. The second kappa shape index (κ2) is 8.76. The number of hydrogen-bond acceptors (Lipinski definition) is 6. The van der Waals surface area contributed by atoms with Crippen LogP contribution in [0.5, 0.6) is 0 Å². The van der Waals surface area contributed by atoms with Crippen molar-refractivity contribution < 1.29 is 9.90 Å². The monoisotopic (exact) mass is 392 g/mol. The number of amides is 1. The number of aliphatic hydroxyl groups excluding tert-OH is 1. The van der Waals surface area contributed by atoms with Crippen LogP contribution in [-0.4, -0.2) is 54.8 Å². The predicted molar refractivity (Wildman–Crippen MR) is 115 cm³/mol. The number of nitrogens with two attached hydrogens (primary N) is 1. The molecule has 0 spiro atoms. The third kappa shape index (κ3) is 4.08. The maximum Gasteiger partial charge on any atom is 0.251 e. The summed E-state index contributed by atoms with van der Waals surface area (Å²) in [7, 11) is 1.60. The van der Waals surface area contributed by atoms with Gasteiger partial charge in [-0.3, -0.25) is 25.1 Å². The highest BCUT2D eigenvalue weighted by Crippen LogP contribution is 2.30. The zero-order valence-corrected chi connectivity index (χ0v) is 16.4. The Labute approximate surface area is 169 Å². The Bertz CT molecular complexity index is 984. The Hall–Kier alpha value is -3.36. The summed E-state index contributed by atoms with van der Waals surface area (Å²) in [6, 6.07) is 14.8. The van der Waals surface area contributed by atoms with Crippen molar-refractivity contribution in [1.82, 2.24) is 5.32 Å². The fraction of sp³-hybridized carbons (Fsp3) is 0.238. The number of aliphatic hydroxyl groups is 1. The second-order valence-electron chi connectivity index (χ2n) is 6.50. The van der Waals surface area contributed by atoms with E-state index in [1.165, 1.54) is 0 Å². The topological polar surface area (TPSA) is 127 Å². The molecule has 1 unspecified atom stereocenters. The first-order valence-corrected chi connectivity index (χ1v) is 9.22. The summed E-state index contributed by atoms with van der Waals surface area (Å²) in [6.45, 7) is 1.65. The maximum absolute atomic E-state index is 12.4. The van der Waals surface area contributed by atoms with Crippen LogP contribution in [0.4, 0.5) is 5.69 Å². The van der Waals surface area contributed by atoms with E-state index in [2.05, 4.69) is 15.3 Å². The Morgan fingerprint density at radius 3 is 2.66 bits per heavy atom. The van der Waals surface area contributed by atoms with Gasteiger partial charge in [-0.05, 0) is 25.1 Å². The summed E-state index contributed by atoms with van der Waals surface area (Å²) < 4.78 is 0. The van der Waals surface area contributed by atoms with Gasteiger partial charge >= 0.3 is 0 Å². The van der Waals surface area contributed by atoms with Gasteiger partial charge in [0.25, 0.3) is 5.91 Å². The summed E-state index contributed by atoms with van der Waals surface area (Å²) >= 11 is 0. The van der Waals surface area contributed by atoms with Crippen molar-refractivity contribution in [1.29, 1.82) is 5.41 Å². The third-order valence-corrected chi connectivity index (χ3v) is 4.53. The van der Waals surface area contributed by atoms with Crippen molar-refractivity contribution in [3.05, 3.63) is 65.2 Å². The van der Waals surface area contributed by atoms with Gasteiger partial charge in [0.2, 0.25) is 0 Å². The van der Waals surface area contributed by atoms with E-state index in [1.54, 1.807) is 37.1 Å². The van der Waals surface area contributed by atoms with Crippen molar-refractivity contribution in [3.63, 3.8) is 0 Å². The molecule has 0 aliphatic carbocycles. The van der Waals surface area contributed by atoms with E-state index in [9.17, 15) is 4.79 Å². The lowest BCUT2D eigenvalue weighted by molar-refractivity contribution is 0.0945. The van der Waals surface area contributed by atoms with Crippen LogP contribution < -0.4 is 16.0 Å². The van der Waals surface area contributed by atoms with Crippen LogP contribution in [0.2, 0.25) is 0 Å². The Balaban J connectivity index is 2.23. The number of carbonyl (C=O) groups is 1. The van der Waals surface area contributed by atoms with Crippen molar-refractivity contribution in [3.8, 4) is 0 Å². The number of fused-ring (bicyclic) bond motifs is 1. The first-order valence-electron chi connectivity index (χ1n) is 9.22. The molecule has 3 rings (SSSR count). The van der Waals surface area contributed by atoms with E-state index in [-0.39, 0.29) is 24.9 Å². The number of amidine groups is 2. The van der Waals surface area contributed by atoms with Gasteiger partial charge < -0.3 is 16.2 Å². The summed E-state index contributed by atoms with van der Waals surface area (Å²) in [5, 5.41) is 19.9. The molecule has 0 bridgehead atoms.